The number of nitrogens with one attached hydrogen (secondary N) is 2. The number of thiazole rings is 1. The van der Waals surface area contributed by atoms with Crippen molar-refractivity contribution in [1.82, 2.24) is 15.6 Å². The van der Waals surface area contributed by atoms with Crippen molar-refractivity contribution in [3.63, 3.8) is 0 Å². The molecule has 7 heteroatoms. The van der Waals surface area contributed by atoms with E-state index in [1.165, 1.54) is 10.7 Å². The van der Waals surface area contributed by atoms with Crippen LogP contribution in [0.15, 0.2) is 10.4 Å². The van der Waals surface area contributed by atoms with E-state index in [2.05, 4.69) is 39.2 Å². The molecule has 0 fully saturated rings. The molecule has 1 heterocycles. The van der Waals surface area contributed by atoms with E-state index >= 15 is 0 Å². The fraction of sp³-hybridized carbons (Fsp3) is 0.667. The highest BCUT2D eigenvalue weighted by atomic mass is 127. The predicted molar refractivity (Wildman–Crippen MR) is 98.4 cm³/mol. The fourth-order valence-electron chi connectivity index (χ4n) is 1.43. The Morgan fingerprint density at radius 3 is 2.74 bits per heavy atom. The molecule has 0 aliphatic heterocycles. The Balaban J connectivity index is 0.00000324. The van der Waals surface area contributed by atoms with Crippen molar-refractivity contribution < 1.29 is 0 Å². The molecule has 0 unspecified atom stereocenters. The summed E-state index contributed by atoms with van der Waals surface area (Å²) in [5.74, 6) is 1.96. The molecule has 0 aliphatic rings. The van der Waals surface area contributed by atoms with Crippen LogP contribution in [0.3, 0.4) is 0 Å². The highest BCUT2D eigenvalue weighted by molar-refractivity contribution is 14.0. The average Bonchev–Trinajstić information content (AvgIpc) is 2.85. The summed E-state index contributed by atoms with van der Waals surface area (Å²) >= 11 is 3.57. The lowest BCUT2D eigenvalue weighted by Crippen LogP contribution is -2.39. The lowest BCUT2D eigenvalue weighted by molar-refractivity contribution is 0.799. The molecule has 2 N–H and O–H groups in total. The molecule has 0 bridgehead atoms. The minimum Gasteiger partial charge on any atom is -0.356 e. The second-order valence-electron chi connectivity index (χ2n) is 3.75. The van der Waals surface area contributed by atoms with Crippen molar-refractivity contribution in [3.05, 3.63) is 16.1 Å². The van der Waals surface area contributed by atoms with Gasteiger partial charge in [-0.1, -0.05) is 6.92 Å². The number of guanidine groups is 1. The SMILES string of the molecule is CCc1nc(CCNC(=NC)NCCSC)cs1.I. The number of aryl methyl sites for hydroxylation is 1. The third-order valence-electron chi connectivity index (χ3n) is 2.40. The van der Waals surface area contributed by atoms with Crippen LogP contribution in [0.5, 0.6) is 0 Å². The summed E-state index contributed by atoms with van der Waals surface area (Å²) < 4.78 is 0. The zero-order valence-corrected chi connectivity index (χ0v) is 15.7. The number of aromatic nitrogens is 1. The Labute approximate surface area is 141 Å². The lowest BCUT2D eigenvalue weighted by atomic mass is 10.3. The van der Waals surface area contributed by atoms with Crippen LogP contribution < -0.4 is 10.6 Å². The summed E-state index contributed by atoms with van der Waals surface area (Å²) in [6.07, 6.45) is 4.07. The van der Waals surface area contributed by atoms with E-state index in [-0.39, 0.29) is 24.0 Å². The standard InChI is InChI=1S/C12H22N4S2.HI/c1-4-11-16-10(9-18-11)5-6-14-12(13-2)15-7-8-17-3;/h9H,4-8H2,1-3H3,(H2,13,14,15);1H. The number of thioether (sulfide) groups is 1. The molecule has 110 valence electrons. The number of hydrogen-bond acceptors (Lipinski definition) is 4. The largest absolute Gasteiger partial charge is 0.356 e. The van der Waals surface area contributed by atoms with Gasteiger partial charge in [0.05, 0.1) is 10.7 Å². The van der Waals surface area contributed by atoms with Gasteiger partial charge in [0.2, 0.25) is 0 Å². The first-order valence-electron chi connectivity index (χ1n) is 6.16. The Morgan fingerprint density at radius 2 is 2.16 bits per heavy atom. The first-order chi connectivity index (χ1) is 8.80. The van der Waals surface area contributed by atoms with Crippen molar-refractivity contribution in [1.29, 1.82) is 0 Å². The quantitative estimate of drug-likeness (QED) is 0.311. The predicted octanol–water partition coefficient (Wildman–Crippen LogP) is 2.39. The van der Waals surface area contributed by atoms with E-state index in [1.807, 2.05) is 11.8 Å². The summed E-state index contributed by atoms with van der Waals surface area (Å²) in [7, 11) is 1.80. The van der Waals surface area contributed by atoms with Gasteiger partial charge in [0.15, 0.2) is 5.96 Å². The second-order valence-corrected chi connectivity index (χ2v) is 5.68. The molecule has 0 aliphatic carbocycles. The molecule has 4 nitrogen and oxygen atoms in total. The van der Waals surface area contributed by atoms with Gasteiger partial charge in [-0.05, 0) is 12.7 Å². The van der Waals surface area contributed by atoms with Crippen LogP contribution in [0.4, 0.5) is 0 Å². The van der Waals surface area contributed by atoms with Gasteiger partial charge in [-0.3, -0.25) is 4.99 Å². The van der Waals surface area contributed by atoms with Crippen LogP contribution in [0.2, 0.25) is 0 Å². The van der Waals surface area contributed by atoms with E-state index in [1.54, 1.807) is 18.4 Å². The molecule has 0 amide bonds. The molecule has 0 spiro atoms. The smallest absolute Gasteiger partial charge is 0.191 e. The molecule has 0 atom stereocenters. The van der Waals surface area contributed by atoms with Crippen LogP contribution in [0.25, 0.3) is 0 Å². The Bertz CT molecular complexity index is 368. The maximum Gasteiger partial charge on any atom is 0.191 e. The normalized spacial score (nSPS) is 11.0. The van der Waals surface area contributed by atoms with Gasteiger partial charge in [0.25, 0.3) is 0 Å². The van der Waals surface area contributed by atoms with Crippen LogP contribution in [-0.2, 0) is 12.8 Å². The van der Waals surface area contributed by atoms with Crippen molar-refractivity contribution in [3.8, 4) is 0 Å². The van der Waals surface area contributed by atoms with Gasteiger partial charge >= 0.3 is 0 Å². The first-order valence-corrected chi connectivity index (χ1v) is 8.44. The van der Waals surface area contributed by atoms with Crippen molar-refractivity contribution in [2.75, 3.05) is 32.1 Å². The maximum absolute atomic E-state index is 4.54. The lowest BCUT2D eigenvalue weighted by Gasteiger charge is -2.10. The number of hydrogen-bond donors (Lipinski definition) is 2. The monoisotopic (exact) mass is 414 g/mol. The van der Waals surface area contributed by atoms with Crippen LogP contribution in [-0.4, -0.2) is 43.1 Å². The molecule has 0 radical (unpaired) electrons. The van der Waals surface area contributed by atoms with Crippen LogP contribution >= 0.6 is 47.1 Å². The van der Waals surface area contributed by atoms with E-state index in [0.29, 0.717) is 0 Å². The fourth-order valence-corrected chi connectivity index (χ4v) is 2.51. The highest BCUT2D eigenvalue weighted by Crippen LogP contribution is 2.09. The van der Waals surface area contributed by atoms with Crippen molar-refractivity contribution in [2.24, 2.45) is 4.99 Å². The van der Waals surface area contributed by atoms with Crippen molar-refractivity contribution >= 4 is 53.0 Å². The third kappa shape index (κ3) is 7.98. The first kappa shape index (κ1) is 19.0. The molecule has 1 rings (SSSR count). The topological polar surface area (TPSA) is 49.3 Å². The van der Waals surface area contributed by atoms with E-state index in [0.717, 1.165) is 37.6 Å². The van der Waals surface area contributed by atoms with Gasteiger partial charge < -0.3 is 10.6 Å². The number of aliphatic imine (C=N–C) groups is 1. The molecular formula is C12H23IN4S2. The Hall–Kier alpha value is -0.0200. The van der Waals surface area contributed by atoms with Crippen LogP contribution in [0.1, 0.15) is 17.6 Å². The van der Waals surface area contributed by atoms with Gasteiger partial charge in [0, 0.05) is 37.7 Å². The summed E-state index contributed by atoms with van der Waals surface area (Å²) in [6.45, 7) is 3.95. The summed E-state index contributed by atoms with van der Waals surface area (Å²) in [5, 5.41) is 9.93. The number of halogens is 1. The minimum absolute atomic E-state index is 0. The van der Waals surface area contributed by atoms with Gasteiger partial charge in [-0.2, -0.15) is 11.8 Å². The minimum atomic E-state index is 0. The third-order valence-corrected chi connectivity index (χ3v) is 4.05. The van der Waals surface area contributed by atoms with Gasteiger partial charge in [-0.25, -0.2) is 4.98 Å². The summed E-state index contributed by atoms with van der Waals surface area (Å²) in [5.41, 5.74) is 1.17. The zero-order valence-electron chi connectivity index (χ0n) is 11.7. The van der Waals surface area contributed by atoms with Crippen molar-refractivity contribution in [2.45, 2.75) is 19.8 Å². The number of rotatable bonds is 7. The summed E-state index contributed by atoms with van der Waals surface area (Å²) in [6, 6.07) is 0. The molecule has 0 aromatic carbocycles. The molecule has 0 saturated heterocycles. The molecule has 1 aromatic heterocycles. The average molecular weight is 414 g/mol. The molecule has 1 aromatic rings. The maximum atomic E-state index is 4.54. The molecular weight excluding hydrogens is 391 g/mol. The molecule has 0 saturated carbocycles. The van der Waals surface area contributed by atoms with Crippen LogP contribution in [0, 0.1) is 0 Å². The number of nitrogens with zero attached hydrogens (tertiary/aromatic N) is 2. The van der Waals surface area contributed by atoms with Gasteiger partial charge in [0.1, 0.15) is 0 Å². The van der Waals surface area contributed by atoms with E-state index < -0.39 is 0 Å². The second kappa shape index (κ2) is 11.8. The summed E-state index contributed by atoms with van der Waals surface area (Å²) in [4.78, 5) is 8.72. The van der Waals surface area contributed by atoms with Gasteiger partial charge in [-0.15, -0.1) is 35.3 Å². The van der Waals surface area contributed by atoms with E-state index in [4.69, 9.17) is 0 Å². The van der Waals surface area contributed by atoms with E-state index in [9.17, 15) is 0 Å². The zero-order chi connectivity index (χ0) is 13.2. The highest BCUT2D eigenvalue weighted by Gasteiger charge is 2.01. The Kier molecular flexibility index (Phi) is 11.8. The molecule has 19 heavy (non-hydrogen) atoms. The Morgan fingerprint density at radius 1 is 1.42 bits per heavy atom.